The standard InChI is InChI=1S/C30H34FN3O3S/c1-5-6-12-27-28(23-13-17-24(31)18-14-23)33-34(25-10-8-7-9-11-25)30(27,3)29(35)32-21(2)22-15-19-26(20-16-22)38(4,36)37/h7-11,13-21,27H,5-6,12H2,1-4H3,(H,32,35). The lowest BCUT2D eigenvalue weighted by molar-refractivity contribution is -0.127. The Morgan fingerprint density at radius 3 is 2.26 bits per heavy atom. The van der Waals surface area contributed by atoms with Gasteiger partial charge in [-0.1, -0.05) is 62.2 Å². The Kier molecular flexibility index (Phi) is 8.02. The van der Waals surface area contributed by atoms with Crippen LogP contribution in [0.4, 0.5) is 10.1 Å². The molecule has 38 heavy (non-hydrogen) atoms. The zero-order valence-electron chi connectivity index (χ0n) is 22.2. The number of nitrogens with one attached hydrogen (secondary N) is 1. The van der Waals surface area contributed by atoms with Crippen molar-refractivity contribution in [2.24, 2.45) is 11.0 Å². The predicted molar refractivity (Wildman–Crippen MR) is 149 cm³/mol. The van der Waals surface area contributed by atoms with Crippen molar-refractivity contribution >= 4 is 27.1 Å². The first kappa shape index (κ1) is 27.5. The van der Waals surface area contributed by atoms with Gasteiger partial charge in [-0.2, -0.15) is 5.10 Å². The summed E-state index contributed by atoms with van der Waals surface area (Å²) in [6, 6.07) is 22.0. The average molecular weight is 536 g/mol. The molecule has 0 bridgehead atoms. The van der Waals surface area contributed by atoms with Gasteiger partial charge in [-0.3, -0.25) is 4.79 Å². The molecule has 8 heteroatoms. The molecule has 0 radical (unpaired) electrons. The second-order valence-electron chi connectivity index (χ2n) is 10.0. The van der Waals surface area contributed by atoms with E-state index in [1.807, 2.05) is 44.2 Å². The van der Waals surface area contributed by atoms with Gasteiger partial charge in [-0.15, -0.1) is 0 Å². The maximum absolute atomic E-state index is 14.2. The zero-order valence-corrected chi connectivity index (χ0v) is 23.0. The molecule has 1 aliphatic rings. The summed E-state index contributed by atoms with van der Waals surface area (Å²) in [6.07, 6.45) is 3.76. The molecule has 0 aliphatic carbocycles. The molecule has 0 aromatic heterocycles. The minimum atomic E-state index is -3.31. The van der Waals surface area contributed by atoms with Crippen molar-refractivity contribution in [2.75, 3.05) is 11.3 Å². The number of benzene rings is 3. The molecule has 4 rings (SSSR count). The van der Waals surface area contributed by atoms with E-state index < -0.39 is 15.4 Å². The van der Waals surface area contributed by atoms with Crippen LogP contribution in [0.3, 0.4) is 0 Å². The number of amides is 1. The number of hydrogen-bond donors (Lipinski definition) is 1. The van der Waals surface area contributed by atoms with E-state index in [0.29, 0.717) is 0 Å². The Morgan fingerprint density at radius 1 is 1.05 bits per heavy atom. The van der Waals surface area contributed by atoms with Gasteiger partial charge >= 0.3 is 0 Å². The number of carbonyl (C=O) groups is 1. The highest BCUT2D eigenvalue weighted by Gasteiger charge is 2.53. The molecule has 0 saturated heterocycles. The Labute approximate surface area is 224 Å². The molecular formula is C30H34FN3O3S. The van der Waals surface area contributed by atoms with Crippen molar-refractivity contribution < 1.29 is 17.6 Å². The van der Waals surface area contributed by atoms with Gasteiger partial charge in [0.15, 0.2) is 9.84 Å². The smallest absolute Gasteiger partial charge is 0.248 e. The molecule has 6 nitrogen and oxygen atoms in total. The van der Waals surface area contributed by atoms with Crippen molar-refractivity contribution in [1.29, 1.82) is 0 Å². The number of carbonyl (C=O) groups excluding carboxylic acids is 1. The van der Waals surface area contributed by atoms with Crippen LogP contribution in [0.25, 0.3) is 0 Å². The van der Waals surface area contributed by atoms with Gasteiger partial charge in [0.05, 0.1) is 22.3 Å². The molecule has 3 aromatic carbocycles. The molecule has 200 valence electrons. The monoisotopic (exact) mass is 535 g/mol. The van der Waals surface area contributed by atoms with Crippen LogP contribution in [0.15, 0.2) is 88.9 Å². The minimum absolute atomic E-state index is 0.192. The number of hydrazone groups is 1. The zero-order chi connectivity index (χ0) is 27.5. The SMILES string of the molecule is CCCCC1C(c2ccc(F)cc2)=NN(c2ccccc2)C1(C)C(=O)NC(C)c1ccc(S(C)(=O)=O)cc1. The van der Waals surface area contributed by atoms with Crippen LogP contribution in [0.1, 0.15) is 57.2 Å². The van der Waals surface area contributed by atoms with Crippen LogP contribution in [0.5, 0.6) is 0 Å². The van der Waals surface area contributed by atoms with E-state index in [2.05, 4.69) is 12.2 Å². The van der Waals surface area contributed by atoms with Crippen LogP contribution in [-0.2, 0) is 14.6 Å². The highest BCUT2D eigenvalue weighted by atomic mass is 32.2. The fraction of sp³-hybridized carbons (Fsp3) is 0.333. The van der Waals surface area contributed by atoms with Crippen molar-refractivity contribution in [3.8, 4) is 0 Å². The number of unbranched alkanes of at least 4 members (excludes halogenated alkanes) is 1. The van der Waals surface area contributed by atoms with E-state index in [4.69, 9.17) is 5.10 Å². The van der Waals surface area contributed by atoms with E-state index in [9.17, 15) is 17.6 Å². The lowest BCUT2D eigenvalue weighted by Crippen LogP contribution is -2.58. The second-order valence-corrected chi connectivity index (χ2v) is 12.0. The predicted octanol–water partition coefficient (Wildman–Crippen LogP) is 5.90. The molecule has 0 spiro atoms. The number of anilines is 1. The van der Waals surface area contributed by atoms with Crippen molar-refractivity contribution in [3.05, 3.63) is 95.8 Å². The number of halogens is 1. The van der Waals surface area contributed by atoms with Gasteiger partial charge in [0, 0.05) is 12.2 Å². The second kappa shape index (κ2) is 11.1. The largest absolute Gasteiger partial charge is 0.347 e. The molecule has 1 heterocycles. The summed E-state index contributed by atoms with van der Waals surface area (Å²) in [6.45, 7) is 5.90. The topological polar surface area (TPSA) is 78.8 Å². The summed E-state index contributed by atoms with van der Waals surface area (Å²) in [5.41, 5.74) is 2.07. The van der Waals surface area contributed by atoms with Gasteiger partial charge in [0.25, 0.3) is 0 Å². The molecular weight excluding hydrogens is 501 g/mol. The molecule has 3 atom stereocenters. The summed E-state index contributed by atoms with van der Waals surface area (Å²) in [7, 11) is -3.31. The van der Waals surface area contributed by atoms with Crippen molar-refractivity contribution in [1.82, 2.24) is 5.32 Å². The van der Waals surface area contributed by atoms with Crippen LogP contribution in [-0.4, -0.2) is 31.8 Å². The molecule has 0 saturated carbocycles. The average Bonchev–Trinajstić information content (AvgIpc) is 3.21. The van der Waals surface area contributed by atoms with Crippen molar-refractivity contribution in [2.45, 2.75) is 56.5 Å². The number of rotatable bonds is 9. The molecule has 3 unspecified atom stereocenters. The first-order valence-electron chi connectivity index (χ1n) is 12.9. The van der Waals surface area contributed by atoms with E-state index in [-0.39, 0.29) is 28.6 Å². The Balaban J connectivity index is 1.72. The fourth-order valence-corrected chi connectivity index (χ4v) is 5.61. The number of hydrogen-bond acceptors (Lipinski definition) is 5. The van der Waals surface area contributed by atoms with Crippen LogP contribution in [0, 0.1) is 11.7 Å². The number of nitrogens with zero attached hydrogens (tertiary/aromatic N) is 2. The van der Waals surface area contributed by atoms with Crippen LogP contribution < -0.4 is 10.3 Å². The minimum Gasteiger partial charge on any atom is -0.347 e. The highest BCUT2D eigenvalue weighted by molar-refractivity contribution is 7.90. The van der Waals surface area contributed by atoms with Gasteiger partial charge < -0.3 is 5.32 Å². The van der Waals surface area contributed by atoms with E-state index in [1.165, 1.54) is 18.4 Å². The maximum Gasteiger partial charge on any atom is 0.248 e. The first-order valence-corrected chi connectivity index (χ1v) is 14.8. The van der Waals surface area contributed by atoms with Gasteiger partial charge in [0.2, 0.25) is 5.91 Å². The highest BCUT2D eigenvalue weighted by Crippen LogP contribution is 2.42. The summed E-state index contributed by atoms with van der Waals surface area (Å²) >= 11 is 0. The summed E-state index contributed by atoms with van der Waals surface area (Å²) in [5, 5.41) is 9.94. The third kappa shape index (κ3) is 5.50. The lowest BCUT2D eigenvalue weighted by atomic mass is 9.76. The fourth-order valence-electron chi connectivity index (χ4n) is 4.98. The maximum atomic E-state index is 14.2. The Bertz CT molecular complexity index is 1410. The Morgan fingerprint density at radius 2 is 1.68 bits per heavy atom. The summed E-state index contributed by atoms with van der Waals surface area (Å²) in [5.74, 6) is -0.760. The molecule has 1 amide bonds. The molecule has 3 aromatic rings. The van der Waals surface area contributed by atoms with E-state index in [1.54, 1.807) is 41.4 Å². The summed E-state index contributed by atoms with van der Waals surface area (Å²) < 4.78 is 37.5. The molecule has 1 aliphatic heterocycles. The lowest BCUT2D eigenvalue weighted by Gasteiger charge is -2.38. The van der Waals surface area contributed by atoms with Crippen LogP contribution >= 0.6 is 0 Å². The van der Waals surface area contributed by atoms with Crippen LogP contribution in [0.2, 0.25) is 0 Å². The summed E-state index contributed by atoms with van der Waals surface area (Å²) in [4.78, 5) is 14.4. The number of sulfone groups is 1. The number of para-hydroxylation sites is 1. The van der Waals surface area contributed by atoms with E-state index in [0.717, 1.165) is 41.8 Å². The van der Waals surface area contributed by atoms with Crippen molar-refractivity contribution in [3.63, 3.8) is 0 Å². The first-order chi connectivity index (χ1) is 18.1. The normalized spacial score (nSPS) is 20.2. The van der Waals surface area contributed by atoms with E-state index >= 15 is 0 Å². The van der Waals surface area contributed by atoms with Gasteiger partial charge in [-0.05, 0) is 67.8 Å². The molecule has 1 N–H and O–H groups in total. The third-order valence-electron chi connectivity index (χ3n) is 7.26. The quantitative estimate of drug-likeness (QED) is 0.370. The Hall–Kier alpha value is -3.52. The van der Waals surface area contributed by atoms with Gasteiger partial charge in [0.1, 0.15) is 11.4 Å². The third-order valence-corrected chi connectivity index (χ3v) is 8.39. The molecule has 0 fully saturated rings. The van der Waals surface area contributed by atoms with Gasteiger partial charge in [-0.25, -0.2) is 17.8 Å².